The highest BCUT2D eigenvalue weighted by Gasteiger charge is 2.30. The molecule has 1 atom stereocenters. The van der Waals surface area contributed by atoms with E-state index in [0.29, 0.717) is 5.56 Å². The maximum absolute atomic E-state index is 12.8. The predicted octanol–water partition coefficient (Wildman–Crippen LogP) is 4.64. The first-order valence-corrected chi connectivity index (χ1v) is 8.27. The normalized spacial score (nSPS) is 12.7. The highest BCUT2D eigenvalue weighted by molar-refractivity contribution is 5.74. The Hall–Kier alpha value is -2.57. The smallest absolute Gasteiger partial charge is 0.329 e. The average molecular weight is 365 g/mol. The number of urea groups is 1. The van der Waals surface area contributed by atoms with Crippen molar-refractivity contribution in [3.05, 3.63) is 65.5 Å². The van der Waals surface area contributed by atoms with Gasteiger partial charge in [0.15, 0.2) is 0 Å². The number of nitrogens with one attached hydrogen (secondary N) is 1. The molecule has 1 heterocycles. The molecule has 0 fully saturated rings. The Kier molecular flexibility index (Phi) is 6.23. The van der Waals surface area contributed by atoms with E-state index >= 15 is 0 Å². The molecule has 0 saturated carbocycles. The molecule has 4 nitrogen and oxygen atoms in total. The standard InChI is InChI=1S/C19H22F3N3O/c1-13(2)17(16-9-4-5-10-23-16)24-18(26)25(3)12-14-7-6-8-15(11-14)19(20,21)22/h4-11,13,17H,12H2,1-3H3,(H,24,26). The molecule has 1 aromatic heterocycles. The van der Waals surface area contributed by atoms with E-state index in [9.17, 15) is 18.0 Å². The number of nitrogens with zero attached hydrogens (tertiary/aromatic N) is 2. The molecule has 2 amide bonds. The molecule has 140 valence electrons. The van der Waals surface area contributed by atoms with Gasteiger partial charge in [-0.3, -0.25) is 4.98 Å². The van der Waals surface area contributed by atoms with Crippen LogP contribution in [-0.4, -0.2) is 23.0 Å². The second-order valence-electron chi connectivity index (χ2n) is 6.48. The number of hydrogen-bond donors (Lipinski definition) is 1. The summed E-state index contributed by atoms with van der Waals surface area (Å²) in [5, 5.41) is 2.90. The number of alkyl halides is 3. The molecule has 26 heavy (non-hydrogen) atoms. The van der Waals surface area contributed by atoms with Crippen molar-refractivity contribution in [1.29, 1.82) is 0 Å². The van der Waals surface area contributed by atoms with Crippen molar-refractivity contribution in [2.24, 2.45) is 5.92 Å². The second kappa shape index (κ2) is 8.21. The largest absolute Gasteiger partial charge is 0.416 e. The Morgan fingerprint density at radius 2 is 1.92 bits per heavy atom. The van der Waals surface area contributed by atoms with Gasteiger partial charge in [-0.25, -0.2) is 4.79 Å². The average Bonchev–Trinajstić information content (AvgIpc) is 2.59. The molecule has 1 N–H and O–H groups in total. The first kappa shape index (κ1) is 19.8. The number of hydrogen-bond acceptors (Lipinski definition) is 2. The quantitative estimate of drug-likeness (QED) is 0.839. The van der Waals surface area contributed by atoms with Gasteiger partial charge in [-0.2, -0.15) is 13.2 Å². The number of carbonyl (C=O) groups is 1. The molecule has 0 aliphatic carbocycles. The summed E-state index contributed by atoms with van der Waals surface area (Å²) < 4.78 is 38.4. The van der Waals surface area contributed by atoms with E-state index < -0.39 is 11.7 Å². The molecule has 0 radical (unpaired) electrons. The summed E-state index contributed by atoms with van der Waals surface area (Å²) in [5.74, 6) is 0.107. The summed E-state index contributed by atoms with van der Waals surface area (Å²) in [6.45, 7) is 4.00. The lowest BCUT2D eigenvalue weighted by molar-refractivity contribution is -0.137. The first-order valence-electron chi connectivity index (χ1n) is 8.27. The Bertz CT molecular complexity index is 732. The van der Waals surface area contributed by atoms with Crippen molar-refractivity contribution in [3.63, 3.8) is 0 Å². The molecule has 1 aromatic carbocycles. The van der Waals surface area contributed by atoms with Crippen LogP contribution >= 0.6 is 0 Å². The minimum Gasteiger partial charge on any atom is -0.329 e. The Balaban J connectivity index is 2.07. The number of halogens is 3. The second-order valence-corrected chi connectivity index (χ2v) is 6.48. The lowest BCUT2D eigenvalue weighted by Crippen LogP contribution is -2.40. The minimum atomic E-state index is -4.40. The number of benzene rings is 1. The highest BCUT2D eigenvalue weighted by atomic mass is 19.4. The topological polar surface area (TPSA) is 45.2 Å². The summed E-state index contributed by atoms with van der Waals surface area (Å²) in [6.07, 6.45) is -2.75. The summed E-state index contributed by atoms with van der Waals surface area (Å²) in [7, 11) is 1.55. The van der Waals surface area contributed by atoms with Gasteiger partial charge in [0, 0.05) is 19.8 Å². The van der Waals surface area contributed by atoms with Gasteiger partial charge < -0.3 is 10.2 Å². The monoisotopic (exact) mass is 365 g/mol. The van der Waals surface area contributed by atoms with Crippen LogP contribution in [0, 0.1) is 5.92 Å². The lowest BCUT2D eigenvalue weighted by atomic mass is 10.0. The molecule has 0 spiro atoms. The van der Waals surface area contributed by atoms with Gasteiger partial charge in [0.2, 0.25) is 0 Å². The van der Waals surface area contributed by atoms with Crippen LogP contribution in [0.2, 0.25) is 0 Å². The molecule has 0 aliphatic rings. The van der Waals surface area contributed by atoms with Gasteiger partial charge in [-0.05, 0) is 35.7 Å². The Labute approximate surface area is 151 Å². The van der Waals surface area contributed by atoms with Crippen LogP contribution < -0.4 is 5.32 Å². The fourth-order valence-corrected chi connectivity index (χ4v) is 2.58. The molecule has 7 heteroatoms. The molecule has 0 saturated heterocycles. The van der Waals surface area contributed by atoms with E-state index in [4.69, 9.17) is 0 Å². The molecule has 1 unspecified atom stereocenters. The summed E-state index contributed by atoms with van der Waals surface area (Å²) in [6, 6.07) is 9.80. The molecular weight excluding hydrogens is 343 g/mol. The minimum absolute atomic E-state index is 0.0722. The van der Waals surface area contributed by atoms with Crippen LogP contribution in [0.4, 0.5) is 18.0 Å². The van der Waals surface area contributed by atoms with Gasteiger partial charge in [0.25, 0.3) is 0 Å². The van der Waals surface area contributed by atoms with Crippen LogP contribution in [0.1, 0.15) is 36.7 Å². The molecule has 2 rings (SSSR count). The molecule has 2 aromatic rings. The Morgan fingerprint density at radius 3 is 2.50 bits per heavy atom. The van der Waals surface area contributed by atoms with Crippen molar-refractivity contribution in [2.75, 3.05) is 7.05 Å². The van der Waals surface area contributed by atoms with Crippen LogP contribution in [-0.2, 0) is 12.7 Å². The molecular formula is C19H22F3N3O. The van der Waals surface area contributed by atoms with E-state index in [1.807, 2.05) is 26.0 Å². The highest BCUT2D eigenvalue weighted by Crippen LogP contribution is 2.29. The first-order chi connectivity index (χ1) is 12.2. The van der Waals surface area contributed by atoms with Gasteiger partial charge in [0.05, 0.1) is 17.3 Å². The third-order valence-corrected chi connectivity index (χ3v) is 3.97. The SMILES string of the molecule is CC(C)C(NC(=O)N(C)Cc1cccc(C(F)(F)F)c1)c1ccccn1. The summed E-state index contributed by atoms with van der Waals surface area (Å²) >= 11 is 0. The number of pyridine rings is 1. The van der Waals surface area contributed by atoms with Gasteiger partial charge in [-0.1, -0.05) is 32.0 Å². The maximum Gasteiger partial charge on any atom is 0.416 e. The number of carbonyl (C=O) groups excluding carboxylic acids is 1. The fourth-order valence-electron chi connectivity index (χ4n) is 2.58. The van der Waals surface area contributed by atoms with E-state index in [0.717, 1.165) is 17.8 Å². The third-order valence-electron chi connectivity index (χ3n) is 3.97. The maximum atomic E-state index is 12.8. The van der Waals surface area contributed by atoms with Crippen molar-refractivity contribution < 1.29 is 18.0 Å². The zero-order valence-electron chi connectivity index (χ0n) is 14.9. The van der Waals surface area contributed by atoms with Crippen molar-refractivity contribution in [3.8, 4) is 0 Å². The lowest BCUT2D eigenvalue weighted by Gasteiger charge is -2.26. The molecule has 0 bridgehead atoms. The molecule has 0 aliphatic heterocycles. The van der Waals surface area contributed by atoms with Gasteiger partial charge >= 0.3 is 12.2 Å². The van der Waals surface area contributed by atoms with Crippen LogP contribution in [0.15, 0.2) is 48.7 Å². The third kappa shape index (κ3) is 5.21. The summed E-state index contributed by atoms with van der Waals surface area (Å²) in [5.41, 5.74) is 0.428. The number of rotatable bonds is 5. The van der Waals surface area contributed by atoms with E-state index in [-0.39, 0.29) is 24.5 Å². The Morgan fingerprint density at radius 1 is 1.19 bits per heavy atom. The zero-order chi connectivity index (χ0) is 19.3. The summed E-state index contributed by atoms with van der Waals surface area (Å²) in [4.78, 5) is 18.1. The van der Waals surface area contributed by atoms with Crippen LogP contribution in [0.3, 0.4) is 0 Å². The van der Waals surface area contributed by atoms with Crippen LogP contribution in [0.5, 0.6) is 0 Å². The van der Waals surface area contributed by atoms with E-state index in [1.54, 1.807) is 25.4 Å². The van der Waals surface area contributed by atoms with Crippen molar-refractivity contribution >= 4 is 6.03 Å². The van der Waals surface area contributed by atoms with E-state index in [2.05, 4.69) is 10.3 Å². The number of aromatic nitrogens is 1. The van der Waals surface area contributed by atoms with Crippen molar-refractivity contribution in [1.82, 2.24) is 15.2 Å². The van der Waals surface area contributed by atoms with Gasteiger partial charge in [0.1, 0.15) is 0 Å². The van der Waals surface area contributed by atoms with Crippen molar-refractivity contribution in [2.45, 2.75) is 32.6 Å². The zero-order valence-corrected chi connectivity index (χ0v) is 14.9. The predicted molar refractivity (Wildman–Crippen MR) is 93.3 cm³/mol. The van der Waals surface area contributed by atoms with Crippen LogP contribution in [0.25, 0.3) is 0 Å². The van der Waals surface area contributed by atoms with Gasteiger partial charge in [-0.15, -0.1) is 0 Å². The fraction of sp³-hybridized carbons (Fsp3) is 0.368. The van der Waals surface area contributed by atoms with E-state index in [1.165, 1.54) is 11.0 Å². The number of amides is 2.